The van der Waals surface area contributed by atoms with Gasteiger partial charge < -0.3 is 15.6 Å². The number of carbonyl (C=O) groups is 2. The second-order valence-corrected chi connectivity index (χ2v) is 8.95. The SMILES string of the molecule is CC(=O)NC(Cc1c[nH]c2ccccc12)C(=O)Nc1nc(-c2cc(C)c(C)cc2C)cs1. The smallest absolute Gasteiger partial charge is 0.249 e. The van der Waals surface area contributed by atoms with E-state index in [4.69, 9.17) is 0 Å². The Hall–Kier alpha value is -3.45. The van der Waals surface area contributed by atoms with Crippen molar-refractivity contribution in [2.45, 2.75) is 40.2 Å². The number of aromatic amines is 1. The number of carbonyl (C=O) groups excluding carboxylic acids is 2. The van der Waals surface area contributed by atoms with Crippen LogP contribution in [0.1, 0.15) is 29.2 Å². The van der Waals surface area contributed by atoms with Gasteiger partial charge in [0.15, 0.2) is 5.13 Å². The number of H-pyrrole nitrogens is 1. The lowest BCUT2D eigenvalue weighted by Crippen LogP contribution is -2.44. The van der Waals surface area contributed by atoms with Crippen LogP contribution in [0.5, 0.6) is 0 Å². The molecule has 2 aromatic heterocycles. The van der Waals surface area contributed by atoms with Crippen LogP contribution in [0, 0.1) is 20.8 Å². The summed E-state index contributed by atoms with van der Waals surface area (Å²) in [7, 11) is 0. The molecule has 7 heteroatoms. The Bertz CT molecular complexity index is 1300. The molecule has 0 spiro atoms. The lowest BCUT2D eigenvalue weighted by atomic mass is 9.99. The number of aromatic nitrogens is 2. The fourth-order valence-electron chi connectivity index (χ4n) is 3.86. The summed E-state index contributed by atoms with van der Waals surface area (Å²) in [6.07, 6.45) is 2.26. The maximum Gasteiger partial charge on any atom is 0.249 e. The zero-order valence-corrected chi connectivity index (χ0v) is 19.4. The number of hydrogen-bond acceptors (Lipinski definition) is 4. The Morgan fingerprint density at radius 2 is 1.84 bits per heavy atom. The van der Waals surface area contributed by atoms with Crippen molar-refractivity contribution in [2.24, 2.45) is 0 Å². The number of para-hydroxylation sites is 1. The van der Waals surface area contributed by atoms with Gasteiger partial charge in [-0.1, -0.05) is 24.3 Å². The van der Waals surface area contributed by atoms with E-state index in [2.05, 4.69) is 53.5 Å². The number of amides is 2. The molecule has 1 unspecified atom stereocenters. The minimum absolute atomic E-state index is 0.254. The summed E-state index contributed by atoms with van der Waals surface area (Å²) >= 11 is 1.38. The number of anilines is 1. The fraction of sp³-hybridized carbons (Fsp3) is 0.240. The van der Waals surface area contributed by atoms with E-state index < -0.39 is 6.04 Å². The van der Waals surface area contributed by atoms with Crippen LogP contribution < -0.4 is 10.6 Å². The number of benzene rings is 2. The molecule has 1 atom stereocenters. The highest BCUT2D eigenvalue weighted by Gasteiger charge is 2.23. The zero-order chi connectivity index (χ0) is 22.8. The first-order chi connectivity index (χ1) is 15.3. The van der Waals surface area contributed by atoms with Gasteiger partial charge >= 0.3 is 0 Å². The Balaban J connectivity index is 1.54. The van der Waals surface area contributed by atoms with Gasteiger partial charge in [0.1, 0.15) is 6.04 Å². The molecular formula is C25H26N4O2S. The molecule has 2 amide bonds. The predicted molar refractivity (Wildman–Crippen MR) is 130 cm³/mol. The standard InChI is InChI=1S/C25H26N4O2S/c1-14-9-16(3)20(10-15(14)2)23-13-32-25(28-23)29-24(31)22(27-17(4)30)11-18-12-26-21-8-6-5-7-19(18)21/h5-10,12-13,22,26H,11H2,1-4H3,(H,27,30)(H,28,29,31). The second-order valence-electron chi connectivity index (χ2n) is 8.10. The molecule has 0 aliphatic heterocycles. The van der Waals surface area contributed by atoms with Crippen molar-refractivity contribution >= 4 is 39.2 Å². The third-order valence-corrected chi connectivity index (χ3v) is 6.40. The molecule has 4 rings (SSSR count). The van der Waals surface area contributed by atoms with Crippen LogP contribution in [-0.4, -0.2) is 27.8 Å². The Labute approximate surface area is 191 Å². The normalized spacial score (nSPS) is 12.0. The molecule has 2 aromatic carbocycles. The van der Waals surface area contributed by atoms with Crippen molar-refractivity contribution in [3.05, 3.63) is 70.2 Å². The van der Waals surface area contributed by atoms with Gasteiger partial charge in [-0.15, -0.1) is 11.3 Å². The summed E-state index contributed by atoms with van der Waals surface area (Å²) in [5.74, 6) is -0.543. The molecule has 3 N–H and O–H groups in total. The fourth-order valence-corrected chi connectivity index (χ4v) is 4.57. The van der Waals surface area contributed by atoms with Gasteiger partial charge in [-0.2, -0.15) is 0 Å². The van der Waals surface area contributed by atoms with Crippen LogP contribution in [0.15, 0.2) is 48.0 Å². The lowest BCUT2D eigenvalue weighted by molar-refractivity contribution is -0.125. The molecular weight excluding hydrogens is 420 g/mol. The Morgan fingerprint density at radius 3 is 2.62 bits per heavy atom. The number of thiazole rings is 1. The summed E-state index contributed by atoms with van der Waals surface area (Å²) < 4.78 is 0. The van der Waals surface area contributed by atoms with E-state index in [9.17, 15) is 9.59 Å². The first-order valence-corrected chi connectivity index (χ1v) is 11.4. The van der Waals surface area contributed by atoms with Crippen molar-refractivity contribution < 1.29 is 9.59 Å². The van der Waals surface area contributed by atoms with E-state index >= 15 is 0 Å². The number of fused-ring (bicyclic) bond motifs is 1. The number of aryl methyl sites for hydroxylation is 3. The maximum absolute atomic E-state index is 13.1. The second kappa shape index (κ2) is 8.96. The third kappa shape index (κ3) is 4.57. The third-order valence-electron chi connectivity index (χ3n) is 5.64. The van der Waals surface area contributed by atoms with E-state index in [-0.39, 0.29) is 11.8 Å². The molecule has 6 nitrogen and oxygen atoms in total. The molecule has 0 saturated heterocycles. The van der Waals surface area contributed by atoms with Crippen molar-refractivity contribution in [3.8, 4) is 11.3 Å². The minimum Gasteiger partial charge on any atom is -0.361 e. The van der Waals surface area contributed by atoms with E-state index in [1.807, 2.05) is 35.8 Å². The van der Waals surface area contributed by atoms with E-state index in [1.54, 1.807) is 0 Å². The highest BCUT2D eigenvalue weighted by Crippen LogP contribution is 2.29. The van der Waals surface area contributed by atoms with Crippen molar-refractivity contribution in [2.75, 3.05) is 5.32 Å². The first-order valence-electron chi connectivity index (χ1n) is 10.5. The average molecular weight is 447 g/mol. The molecule has 0 aliphatic carbocycles. The van der Waals surface area contributed by atoms with Gasteiger partial charge in [0.25, 0.3) is 0 Å². The zero-order valence-electron chi connectivity index (χ0n) is 18.6. The number of nitrogens with one attached hydrogen (secondary N) is 3. The molecule has 0 fully saturated rings. The van der Waals surface area contributed by atoms with Crippen LogP contribution in [0.2, 0.25) is 0 Å². The van der Waals surface area contributed by atoms with Crippen molar-refractivity contribution in [3.63, 3.8) is 0 Å². The van der Waals surface area contributed by atoms with Crippen LogP contribution in [-0.2, 0) is 16.0 Å². The molecule has 2 heterocycles. The largest absolute Gasteiger partial charge is 0.361 e. The van der Waals surface area contributed by atoms with Gasteiger partial charge in [-0.3, -0.25) is 9.59 Å². The number of hydrogen-bond donors (Lipinski definition) is 3. The summed E-state index contributed by atoms with van der Waals surface area (Å²) in [5.41, 5.74) is 7.45. The van der Waals surface area contributed by atoms with E-state index in [0.717, 1.165) is 33.3 Å². The van der Waals surface area contributed by atoms with Crippen LogP contribution in [0.25, 0.3) is 22.2 Å². The molecule has 0 aliphatic rings. The van der Waals surface area contributed by atoms with Crippen LogP contribution in [0.4, 0.5) is 5.13 Å². The molecule has 164 valence electrons. The maximum atomic E-state index is 13.1. The summed E-state index contributed by atoms with van der Waals surface area (Å²) in [6, 6.07) is 11.5. The van der Waals surface area contributed by atoms with E-state index in [1.165, 1.54) is 29.4 Å². The quantitative estimate of drug-likeness (QED) is 0.394. The molecule has 0 radical (unpaired) electrons. The van der Waals surface area contributed by atoms with Gasteiger partial charge in [0.05, 0.1) is 5.69 Å². The van der Waals surface area contributed by atoms with Crippen LogP contribution in [0.3, 0.4) is 0 Å². The summed E-state index contributed by atoms with van der Waals surface area (Å²) in [4.78, 5) is 32.7. The van der Waals surface area contributed by atoms with Crippen LogP contribution >= 0.6 is 11.3 Å². The lowest BCUT2D eigenvalue weighted by Gasteiger charge is -2.16. The molecule has 4 aromatic rings. The highest BCUT2D eigenvalue weighted by molar-refractivity contribution is 7.14. The Morgan fingerprint density at radius 1 is 1.09 bits per heavy atom. The van der Waals surface area contributed by atoms with Gasteiger partial charge in [0.2, 0.25) is 11.8 Å². The topological polar surface area (TPSA) is 86.9 Å². The highest BCUT2D eigenvalue weighted by atomic mass is 32.1. The van der Waals surface area contributed by atoms with Crippen molar-refractivity contribution in [1.82, 2.24) is 15.3 Å². The summed E-state index contributed by atoms with van der Waals surface area (Å²) in [6.45, 7) is 7.65. The number of rotatable bonds is 6. The van der Waals surface area contributed by atoms with Crippen molar-refractivity contribution in [1.29, 1.82) is 0 Å². The monoisotopic (exact) mass is 446 g/mol. The predicted octanol–water partition coefficient (Wildman–Crippen LogP) is 4.90. The minimum atomic E-state index is -0.706. The summed E-state index contributed by atoms with van der Waals surface area (Å²) in [5, 5.41) is 9.16. The molecule has 0 bridgehead atoms. The van der Waals surface area contributed by atoms with E-state index in [0.29, 0.717) is 11.6 Å². The first kappa shape index (κ1) is 21.8. The number of nitrogens with zero attached hydrogens (tertiary/aromatic N) is 1. The average Bonchev–Trinajstić information content (AvgIpc) is 3.37. The Kier molecular flexibility index (Phi) is 6.10. The molecule has 0 saturated carbocycles. The van der Waals surface area contributed by atoms with Gasteiger partial charge in [-0.25, -0.2) is 4.98 Å². The van der Waals surface area contributed by atoms with Gasteiger partial charge in [0, 0.05) is 41.4 Å². The van der Waals surface area contributed by atoms with Gasteiger partial charge in [-0.05, 0) is 55.2 Å². The molecule has 32 heavy (non-hydrogen) atoms.